The summed E-state index contributed by atoms with van der Waals surface area (Å²) in [4.78, 5) is 36.1. The van der Waals surface area contributed by atoms with Crippen LogP contribution >= 0.6 is 0 Å². The van der Waals surface area contributed by atoms with E-state index in [0.29, 0.717) is 0 Å². The van der Waals surface area contributed by atoms with Crippen molar-refractivity contribution in [1.29, 1.82) is 0 Å². The number of fused-ring (bicyclic) bond motifs is 3. The predicted molar refractivity (Wildman–Crippen MR) is 118 cm³/mol. The summed E-state index contributed by atoms with van der Waals surface area (Å²) >= 11 is 0. The average Bonchev–Trinajstić information content (AvgIpc) is 3.08. The van der Waals surface area contributed by atoms with Crippen LogP contribution in [0.3, 0.4) is 0 Å². The number of alkyl carbamates (subject to hydrolysis) is 1. The number of aliphatic carboxylic acids is 1. The number of ether oxygens (including phenoxy) is 1. The molecule has 2 aromatic rings. The first-order chi connectivity index (χ1) is 15.3. The second-order valence-electron chi connectivity index (χ2n) is 8.23. The van der Waals surface area contributed by atoms with Gasteiger partial charge in [-0.2, -0.15) is 0 Å². The third-order valence-electron chi connectivity index (χ3n) is 5.46. The van der Waals surface area contributed by atoms with Crippen molar-refractivity contribution < 1.29 is 29.3 Å². The van der Waals surface area contributed by atoms with Crippen molar-refractivity contribution >= 4 is 18.0 Å². The Morgan fingerprint density at radius 2 is 1.50 bits per heavy atom. The molecule has 0 saturated carbocycles. The molecular formula is C24H28N2O6. The Labute approximate surface area is 186 Å². The highest BCUT2D eigenvalue weighted by Gasteiger charge is 2.30. The highest BCUT2D eigenvalue weighted by atomic mass is 16.5. The number of benzene rings is 2. The monoisotopic (exact) mass is 440 g/mol. The van der Waals surface area contributed by atoms with Gasteiger partial charge in [-0.15, -0.1) is 0 Å². The number of hydrogen-bond donors (Lipinski definition) is 4. The van der Waals surface area contributed by atoms with Crippen LogP contribution in [0.1, 0.15) is 37.3 Å². The highest BCUT2D eigenvalue weighted by Crippen LogP contribution is 2.44. The lowest BCUT2D eigenvalue weighted by Crippen LogP contribution is -2.53. The number of carbonyl (C=O) groups is 3. The maximum atomic E-state index is 12.5. The van der Waals surface area contributed by atoms with E-state index in [1.54, 1.807) is 0 Å². The molecule has 0 aliphatic heterocycles. The summed E-state index contributed by atoms with van der Waals surface area (Å²) in [6, 6.07) is 13.5. The first-order valence-corrected chi connectivity index (χ1v) is 10.6. The van der Waals surface area contributed by atoms with E-state index in [9.17, 15) is 14.4 Å². The quantitative estimate of drug-likeness (QED) is 0.475. The van der Waals surface area contributed by atoms with E-state index in [4.69, 9.17) is 14.9 Å². The fourth-order valence-electron chi connectivity index (χ4n) is 3.94. The van der Waals surface area contributed by atoms with E-state index in [2.05, 4.69) is 10.6 Å². The molecule has 8 nitrogen and oxygen atoms in total. The zero-order valence-electron chi connectivity index (χ0n) is 18.1. The molecule has 32 heavy (non-hydrogen) atoms. The molecule has 2 atom stereocenters. The van der Waals surface area contributed by atoms with Gasteiger partial charge in [0, 0.05) is 5.92 Å². The third-order valence-corrected chi connectivity index (χ3v) is 5.46. The normalized spacial score (nSPS) is 14.2. The minimum absolute atomic E-state index is 0.0528. The van der Waals surface area contributed by atoms with Gasteiger partial charge >= 0.3 is 12.1 Å². The van der Waals surface area contributed by atoms with Gasteiger partial charge in [-0.05, 0) is 34.6 Å². The van der Waals surface area contributed by atoms with Crippen molar-refractivity contribution in [3.63, 3.8) is 0 Å². The molecule has 2 aromatic carbocycles. The molecule has 1 aliphatic carbocycles. The molecule has 8 heteroatoms. The van der Waals surface area contributed by atoms with Crippen LogP contribution in [-0.2, 0) is 14.3 Å². The molecule has 0 fully saturated rings. The van der Waals surface area contributed by atoms with Crippen LogP contribution in [0.15, 0.2) is 48.5 Å². The Morgan fingerprint density at radius 1 is 0.938 bits per heavy atom. The fourth-order valence-corrected chi connectivity index (χ4v) is 3.94. The molecule has 3 rings (SSSR count). The molecule has 0 spiro atoms. The zero-order valence-corrected chi connectivity index (χ0v) is 18.1. The van der Waals surface area contributed by atoms with Gasteiger partial charge in [0.15, 0.2) is 0 Å². The van der Waals surface area contributed by atoms with Gasteiger partial charge in [0.05, 0.1) is 6.61 Å². The van der Waals surface area contributed by atoms with Crippen molar-refractivity contribution in [3.8, 4) is 11.1 Å². The molecule has 0 aromatic heterocycles. The number of rotatable bonds is 9. The van der Waals surface area contributed by atoms with Crippen LogP contribution in [0.4, 0.5) is 4.79 Å². The van der Waals surface area contributed by atoms with Crippen LogP contribution in [0.2, 0.25) is 0 Å². The van der Waals surface area contributed by atoms with Crippen LogP contribution in [0.5, 0.6) is 0 Å². The summed E-state index contributed by atoms with van der Waals surface area (Å²) in [5, 5.41) is 23.0. The largest absolute Gasteiger partial charge is 0.480 e. The van der Waals surface area contributed by atoms with Gasteiger partial charge < -0.3 is 25.6 Å². The molecule has 0 heterocycles. The Hall–Kier alpha value is -3.39. The minimum atomic E-state index is -1.44. The number of hydrogen-bond acceptors (Lipinski definition) is 5. The minimum Gasteiger partial charge on any atom is -0.480 e. The second kappa shape index (κ2) is 10.3. The summed E-state index contributed by atoms with van der Waals surface area (Å²) in [6.07, 6.45) is -0.475. The molecule has 0 bridgehead atoms. The molecule has 0 saturated heterocycles. The Balaban J connectivity index is 1.67. The second-order valence-corrected chi connectivity index (χ2v) is 8.23. The van der Waals surface area contributed by atoms with Gasteiger partial charge in [0.1, 0.15) is 18.7 Å². The van der Waals surface area contributed by atoms with E-state index in [0.717, 1.165) is 22.3 Å². The molecule has 4 N–H and O–H groups in total. The molecule has 0 radical (unpaired) electrons. The number of carboxylic acids is 1. The Morgan fingerprint density at radius 3 is 2.00 bits per heavy atom. The highest BCUT2D eigenvalue weighted by molar-refractivity contribution is 5.89. The molecule has 2 amide bonds. The van der Waals surface area contributed by atoms with Crippen LogP contribution in [0.25, 0.3) is 11.1 Å². The van der Waals surface area contributed by atoms with Crippen LogP contribution in [0, 0.1) is 5.92 Å². The van der Waals surface area contributed by atoms with Crippen molar-refractivity contribution in [3.05, 3.63) is 59.7 Å². The van der Waals surface area contributed by atoms with Gasteiger partial charge in [0.2, 0.25) is 5.91 Å². The predicted octanol–water partition coefficient (Wildman–Crippen LogP) is 2.50. The smallest absolute Gasteiger partial charge is 0.407 e. The third kappa shape index (κ3) is 5.26. The van der Waals surface area contributed by atoms with E-state index >= 15 is 0 Å². The van der Waals surface area contributed by atoms with Crippen molar-refractivity contribution in [2.24, 2.45) is 5.92 Å². The van der Waals surface area contributed by atoms with Crippen molar-refractivity contribution in [2.45, 2.75) is 38.3 Å². The summed E-state index contributed by atoms with van der Waals surface area (Å²) in [5.41, 5.74) is 4.37. The topological polar surface area (TPSA) is 125 Å². The van der Waals surface area contributed by atoms with Crippen LogP contribution in [-0.4, -0.2) is 53.5 Å². The number of aliphatic hydroxyl groups is 1. The lowest BCUT2D eigenvalue weighted by molar-refractivity contribution is -0.143. The number of carboxylic acid groups (broad SMARTS) is 1. The molecule has 1 aliphatic rings. The maximum Gasteiger partial charge on any atom is 0.407 e. The first-order valence-electron chi connectivity index (χ1n) is 10.6. The van der Waals surface area contributed by atoms with Gasteiger partial charge in [-0.3, -0.25) is 4.79 Å². The lowest BCUT2D eigenvalue weighted by Gasteiger charge is -2.22. The molecule has 170 valence electrons. The number of carbonyl (C=O) groups excluding carboxylic acids is 2. The van der Waals surface area contributed by atoms with E-state index in [1.807, 2.05) is 62.4 Å². The average molecular weight is 440 g/mol. The first kappa shape index (κ1) is 23.3. The summed E-state index contributed by atoms with van der Waals surface area (Å²) in [5.74, 6) is -2.10. The maximum absolute atomic E-state index is 12.5. The standard InChI is InChI=1S/C24H28N2O6/c1-14(2)11-20(22(28)25-21(12-27)23(29)30)26-24(31)32-13-19-17-9-5-3-7-15(17)16-8-4-6-10-18(16)19/h3-10,14,19-21,27H,11-13H2,1-2H3,(H,25,28)(H,26,31)(H,29,30)/t20-,21+/m1/s1. The van der Waals surface area contributed by atoms with Gasteiger partial charge in [0.25, 0.3) is 0 Å². The van der Waals surface area contributed by atoms with E-state index in [1.165, 1.54) is 0 Å². The van der Waals surface area contributed by atoms with Crippen molar-refractivity contribution in [2.75, 3.05) is 13.2 Å². The summed E-state index contributed by atoms with van der Waals surface area (Å²) in [7, 11) is 0. The fraction of sp³-hybridized carbons (Fsp3) is 0.375. The van der Waals surface area contributed by atoms with E-state index < -0.39 is 36.7 Å². The van der Waals surface area contributed by atoms with Crippen LogP contribution < -0.4 is 10.6 Å². The van der Waals surface area contributed by atoms with Crippen molar-refractivity contribution in [1.82, 2.24) is 10.6 Å². The summed E-state index contributed by atoms with van der Waals surface area (Å²) in [6.45, 7) is 3.10. The molecule has 0 unspecified atom stereocenters. The number of nitrogens with one attached hydrogen (secondary N) is 2. The van der Waals surface area contributed by atoms with E-state index in [-0.39, 0.29) is 24.9 Å². The lowest BCUT2D eigenvalue weighted by atomic mass is 9.98. The summed E-state index contributed by atoms with van der Waals surface area (Å²) < 4.78 is 5.48. The Kier molecular flexibility index (Phi) is 7.48. The Bertz CT molecular complexity index is 944. The zero-order chi connectivity index (χ0) is 23.3. The van der Waals surface area contributed by atoms with Gasteiger partial charge in [-0.1, -0.05) is 62.4 Å². The van der Waals surface area contributed by atoms with Gasteiger partial charge in [-0.25, -0.2) is 9.59 Å². The number of amides is 2. The number of aliphatic hydroxyl groups excluding tert-OH is 1. The molecular weight excluding hydrogens is 412 g/mol. The SMILES string of the molecule is CC(C)C[C@@H](NC(=O)OCC1c2ccccc2-c2ccccc21)C(=O)N[C@@H](CO)C(=O)O.